The lowest BCUT2D eigenvalue weighted by atomic mass is 10.1. The van der Waals surface area contributed by atoms with Gasteiger partial charge in [-0.1, -0.05) is 13.0 Å². The van der Waals surface area contributed by atoms with Gasteiger partial charge in [0.15, 0.2) is 0 Å². The lowest BCUT2D eigenvalue weighted by Crippen LogP contribution is -2.35. The minimum Gasteiger partial charge on any atom is -0.398 e. The van der Waals surface area contributed by atoms with Gasteiger partial charge in [-0.3, -0.25) is 0 Å². The molecule has 0 spiro atoms. The molecule has 1 saturated heterocycles. The van der Waals surface area contributed by atoms with E-state index in [4.69, 9.17) is 5.73 Å². The molecule has 5 heteroatoms. The number of hydrogen-bond acceptors (Lipinski definition) is 3. The Morgan fingerprint density at radius 1 is 1.26 bits per heavy atom. The fraction of sp³-hybridized carbons (Fsp3) is 0.571. The van der Waals surface area contributed by atoms with Crippen LogP contribution in [0.25, 0.3) is 0 Å². The van der Waals surface area contributed by atoms with Crippen molar-refractivity contribution in [3.63, 3.8) is 0 Å². The summed E-state index contributed by atoms with van der Waals surface area (Å²) < 4.78 is 27.3. The van der Waals surface area contributed by atoms with E-state index in [0.717, 1.165) is 17.5 Å². The van der Waals surface area contributed by atoms with Gasteiger partial charge in [0.25, 0.3) is 0 Å². The second-order valence-corrected chi connectivity index (χ2v) is 7.52. The maximum atomic E-state index is 12.8. The third-order valence-electron chi connectivity index (χ3n) is 4.00. The van der Waals surface area contributed by atoms with Crippen molar-refractivity contribution in [1.82, 2.24) is 4.31 Å². The van der Waals surface area contributed by atoms with Crippen LogP contribution >= 0.6 is 0 Å². The van der Waals surface area contributed by atoms with Crippen molar-refractivity contribution in [2.75, 3.05) is 12.3 Å². The molecule has 1 heterocycles. The Labute approximate surface area is 115 Å². The summed E-state index contributed by atoms with van der Waals surface area (Å²) in [5.41, 5.74) is 7.97. The third kappa shape index (κ3) is 2.37. The molecule has 106 valence electrons. The van der Waals surface area contributed by atoms with Gasteiger partial charge in [0.05, 0.1) is 5.69 Å². The quantitative estimate of drug-likeness (QED) is 0.847. The van der Waals surface area contributed by atoms with Crippen LogP contribution in [0.4, 0.5) is 5.69 Å². The minimum absolute atomic E-state index is 0.0410. The first kappa shape index (κ1) is 14.3. The smallest absolute Gasteiger partial charge is 0.245 e. The summed E-state index contributed by atoms with van der Waals surface area (Å²) in [6, 6.07) is 3.58. The van der Waals surface area contributed by atoms with Gasteiger partial charge in [-0.2, -0.15) is 4.31 Å². The monoisotopic (exact) mass is 282 g/mol. The number of nitrogen functional groups attached to an aromatic ring is 1. The van der Waals surface area contributed by atoms with Crippen LogP contribution in [0.3, 0.4) is 0 Å². The lowest BCUT2D eigenvalue weighted by molar-refractivity contribution is 0.405. The first-order valence-electron chi connectivity index (χ1n) is 6.62. The predicted octanol–water partition coefficient (Wildman–Crippen LogP) is 2.30. The first-order chi connectivity index (χ1) is 8.75. The molecule has 1 aliphatic rings. The van der Waals surface area contributed by atoms with Crippen molar-refractivity contribution in [1.29, 1.82) is 0 Å². The van der Waals surface area contributed by atoms with Crippen molar-refractivity contribution in [3.05, 3.63) is 23.3 Å². The van der Waals surface area contributed by atoms with Gasteiger partial charge >= 0.3 is 0 Å². The van der Waals surface area contributed by atoms with E-state index in [1.54, 1.807) is 10.4 Å². The summed E-state index contributed by atoms with van der Waals surface area (Å²) in [5.74, 6) is 0.399. The van der Waals surface area contributed by atoms with E-state index in [1.165, 1.54) is 0 Å². The standard InChI is InChI=1S/C14H22N2O2S/c1-9-7-11(3)16(8-9)19(17,18)14-12(4)10(2)5-6-13(14)15/h5-6,9,11H,7-8,15H2,1-4H3. The maximum absolute atomic E-state index is 12.8. The number of rotatable bonds is 2. The number of nitrogens with zero attached hydrogens (tertiary/aromatic N) is 1. The predicted molar refractivity (Wildman–Crippen MR) is 77.5 cm³/mol. The van der Waals surface area contributed by atoms with Crippen LogP contribution < -0.4 is 5.73 Å². The number of aryl methyl sites for hydroxylation is 1. The Bertz CT molecular complexity index is 596. The Morgan fingerprint density at radius 3 is 2.42 bits per heavy atom. The average molecular weight is 282 g/mol. The van der Waals surface area contributed by atoms with Gasteiger partial charge < -0.3 is 5.73 Å². The highest BCUT2D eigenvalue weighted by molar-refractivity contribution is 7.89. The highest BCUT2D eigenvalue weighted by Crippen LogP contribution is 2.33. The average Bonchev–Trinajstić information content (AvgIpc) is 2.64. The van der Waals surface area contributed by atoms with E-state index in [1.807, 2.05) is 26.8 Å². The molecular weight excluding hydrogens is 260 g/mol. The van der Waals surface area contributed by atoms with Crippen LogP contribution in [0.2, 0.25) is 0 Å². The fourth-order valence-electron chi connectivity index (χ4n) is 2.87. The van der Waals surface area contributed by atoms with E-state index < -0.39 is 10.0 Å². The molecule has 0 radical (unpaired) electrons. The van der Waals surface area contributed by atoms with Crippen LogP contribution in [0, 0.1) is 19.8 Å². The first-order valence-corrected chi connectivity index (χ1v) is 8.06. The van der Waals surface area contributed by atoms with Gasteiger partial charge in [0.1, 0.15) is 4.90 Å². The summed E-state index contributed by atoms with van der Waals surface area (Å²) in [6.45, 7) is 8.35. The van der Waals surface area contributed by atoms with E-state index in [-0.39, 0.29) is 10.9 Å². The van der Waals surface area contributed by atoms with E-state index in [9.17, 15) is 8.42 Å². The van der Waals surface area contributed by atoms with Gasteiger partial charge in [-0.15, -0.1) is 0 Å². The molecule has 1 fully saturated rings. The number of nitrogens with two attached hydrogens (primary N) is 1. The number of benzene rings is 1. The normalized spacial score (nSPS) is 24.8. The Morgan fingerprint density at radius 2 is 1.89 bits per heavy atom. The maximum Gasteiger partial charge on any atom is 0.245 e. The molecule has 1 aromatic rings. The number of anilines is 1. The summed E-state index contributed by atoms with van der Waals surface area (Å²) in [6.07, 6.45) is 0.907. The van der Waals surface area contributed by atoms with Crippen LogP contribution in [-0.2, 0) is 10.0 Å². The van der Waals surface area contributed by atoms with E-state index in [0.29, 0.717) is 18.2 Å². The topological polar surface area (TPSA) is 63.4 Å². The Balaban J connectivity index is 2.55. The zero-order valence-corrected chi connectivity index (χ0v) is 12.8. The van der Waals surface area contributed by atoms with Crippen molar-refractivity contribution in [2.45, 2.75) is 45.1 Å². The molecule has 2 N–H and O–H groups in total. The second-order valence-electron chi connectivity index (χ2n) is 5.69. The lowest BCUT2D eigenvalue weighted by Gasteiger charge is -2.23. The van der Waals surface area contributed by atoms with Crippen LogP contribution in [-0.4, -0.2) is 25.3 Å². The largest absolute Gasteiger partial charge is 0.398 e. The molecule has 1 aromatic carbocycles. The molecule has 19 heavy (non-hydrogen) atoms. The van der Waals surface area contributed by atoms with Crippen LogP contribution in [0.5, 0.6) is 0 Å². The van der Waals surface area contributed by atoms with E-state index >= 15 is 0 Å². The molecule has 0 saturated carbocycles. The summed E-state index contributed by atoms with van der Waals surface area (Å²) >= 11 is 0. The van der Waals surface area contributed by atoms with Crippen molar-refractivity contribution >= 4 is 15.7 Å². The van der Waals surface area contributed by atoms with Gasteiger partial charge in [0, 0.05) is 12.6 Å². The summed E-state index contributed by atoms with van der Waals surface area (Å²) in [5, 5.41) is 0. The van der Waals surface area contributed by atoms with Gasteiger partial charge in [-0.25, -0.2) is 8.42 Å². The van der Waals surface area contributed by atoms with Crippen molar-refractivity contribution in [2.24, 2.45) is 5.92 Å². The van der Waals surface area contributed by atoms with E-state index in [2.05, 4.69) is 6.92 Å². The number of sulfonamides is 1. The fourth-order valence-corrected chi connectivity index (χ4v) is 5.03. The molecule has 2 rings (SSSR count). The summed E-state index contributed by atoms with van der Waals surface area (Å²) in [7, 11) is -3.50. The second kappa shape index (κ2) is 4.80. The zero-order valence-electron chi connectivity index (χ0n) is 12.0. The minimum atomic E-state index is -3.50. The molecule has 0 aliphatic carbocycles. The molecule has 0 amide bonds. The van der Waals surface area contributed by atoms with Crippen LogP contribution in [0.1, 0.15) is 31.4 Å². The highest BCUT2D eigenvalue weighted by atomic mass is 32.2. The van der Waals surface area contributed by atoms with Crippen molar-refractivity contribution in [3.8, 4) is 0 Å². The van der Waals surface area contributed by atoms with Gasteiger partial charge in [-0.05, 0) is 50.3 Å². The molecule has 2 atom stereocenters. The number of hydrogen-bond donors (Lipinski definition) is 1. The Hall–Kier alpha value is -1.07. The molecule has 2 unspecified atom stereocenters. The van der Waals surface area contributed by atoms with Crippen LogP contribution in [0.15, 0.2) is 17.0 Å². The highest BCUT2D eigenvalue weighted by Gasteiger charge is 2.37. The zero-order chi connectivity index (χ0) is 14.4. The molecule has 1 aliphatic heterocycles. The third-order valence-corrected chi connectivity index (χ3v) is 6.18. The van der Waals surface area contributed by atoms with Crippen molar-refractivity contribution < 1.29 is 8.42 Å². The molecular formula is C14H22N2O2S. The molecule has 4 nitrogen and oxygen atoms in total. The SMILES string of the molecule is Cc1ccc(N)c(S(=O)(=O)N2CC(C)CC2C)c1C. The molecule has 0 bridgehead atoms. The summed E-state index contributed by atoms with van der Waals surface area (Å²) in [4.78, 5) is 0.286. The Kier molecular flexibility index (Phi) is 3.62. The van der Waals surface area contributed by atoms with Gasteiger partial charge in [0.2, 0.25) is 10.0 Å². The molecule has 0 aromatic heterocycles.